The van der Waals surface area contributed by atoms with E-state index in [0.29, 0.717) is 11.8 Å². The molecule has 0 aromatic heterocycles. The van der Waals surface area contributed by atoms with Crippen LogP contribution in [0.2, 0.25) is 0 Å². The Bertz CT molecular complexity index is 484. The number of benzene rings is 2. The van der Waals surface area contributed by atoms with Gasteiger partial charge in [-0.15, -0.1) is 0 Å². The molecule has 0 N–H and O–H groups in total. The third-order valence-corrected chi connectivity index (χ3v) is 3.69. The maximum atomic E-state index is 2.33. The van der Waals surface area contributed by atoms with Gasteiger partial charge in [0.05, 0.1) is 0 Å². The molecule has 0 bridgehead atoms. The molecule has 0 nitrogen and oxygen atoms in total. The zero-order valence-electron chi connectivity index (χ0n) is 11.6. The van der Waals surface area contributed by atoms with Crippen LogP contribution in [0.25, 0.3) is 0 Å². The van der Waals surface area contributed by atoms with E-state index in [2.05, 4.69) is 75.4 Å². The summed E-state index contributed by atoms with van der Waals surface area (Å²) in [5.41, 5.74) is 4.25. The Morgan fingerprint density at radius 1 is 0.778 bits per heavy atom. The predicted octanol–water partition coefficient (Wildman–Crippen LogP) is 5.29. The number of aryl methyl sites for hydroxylation is 1. The van der Waals surface area contributed by atoms with E-state index >= 15 is 0 Å². The Labute approximate surface area is 111 Å². The van der Waals surface area contributed by atoms with Crippen molar-refractivity contribution in [2.45, 2.75) is 39.0 Å². The van der Waals surface area contributed by atoms with Gasteiger partial charge in [-0.3, -0.25) is 0 Å². The third-order valence-electron chi connectivity index (χ3n) is 3.69. The average molecular weight is 238 g/mol. The fraction of sp³-hybridized carbons (Fsp3) is 0.333. The van der Waals surface area contributed by atoms with Crippen LogP contribution in [-0.4, -0.2) is 0 Å². The minimum Gasteiger partial charge on any atom is -0.0622 e. The first-order chi connectivity index (χ1) is 8.66. The van der Waals surface area contributed by atoms with Crippen molar-refractivity contribution >= 4 is 0 Å². The number of hydrogen-bond donors (Lipinski definition) is 0. The van der Waals surface area contributed by atoms with Crippen molar-refractivity contribution in [3.8, 4) is 0 Å². The van der Waals surface area contributed by atoms with Crippen LogP contribution < -0.4 is 0 Å². The normalized spacial score (nSPS) is 14.2. The Morgan fingerprint density at radius 3 is 2.06 bits per heavy atom. The molecule has 2 unspecified atom stereocenters. The summed E-state index contributed by atoms with van der Waals surface area (Å²) in [5.74, 6) is 1.22. The maximum Gasteiger partial charge on any atom is -0.0185 e. The average Bonchev–Trinajstić information content (AvgIpc) is 2.39. The summed E-state index contributed by atoms with van der Waals surface area (Å²) < 4.78 is 0. The lowest BCUT2D eigenvalue weighted by Gasteiger charge is -2.18. The second-order valence-electron chi connectivity index (χ2n) is 5.36. The molecule has 0 amide bonds. The largest absolute Gasteiger partial charge is 0.0622 e. The highest BCUT2D eigenvalue weighted by atomic mass is 14.2. The van der Waals surface area contributed by atoms with E-state index in [1.807, 2.05) is 0 Å². The van der Waals surface area contributed by atoms with Crippen LogP contribution >= 0.6 is 0 Å². The van der Waals surface area contributed by atoms with Gasteiger partial charge in [0.1, 0.15) is 0 Å². The van der Waals surface area contributed by atoms with Crippen molar-refractivity contribution in [1.29, 1.82) is 0 Å². The first kappa shape index (κ1) is 12.9. The summed E-state index contributed by atoms with van der Waals surface area (Å²) in [4.78, 5) is 0. The van der Waals surface area contributed by atoms with Crippen LogP contribution in [0.15, 0.2) is 54.6 Å². The molecule has 0 aliphatic rings. The molecule has 0 aliphatic carbocycles. The molecule has 0 fully saturated rings. The van der Waals surface area contributed by atoms with E-state index in [9.17, 15) is 0 Å². The minimum atomic E-state index is 0.611. The molecule has 0 spiro atoms. The Balaban J connectivity index is 2.05. The summed E-state index contributed by atoms with van der Waals surface area (Å²) in [6, 6.07) is 19.7. The smallest absolute Gasteiger partial charge is 0.0185 e. The van der Waals surface area contributed by atoms with Crippen molar-refractivity contribution < 1.29 is 0 Å². The zero-order chi connectivity index (χ0) is 13.0. The van der Waals surface area contributed by atoms with Gasteiger partial charge >= 0.3 is 0 Å². The van der Waals surface area contributed by atoms with Gasteiger partial charge in [-0.05, 0) is 36.3 Å². The van der Waals surface area contributed by atoms with Crippen LogP contribution in [0.1, 0.15) is 48.8 Å². The van der Waals surface area contributed by atoms with Gasteiger partial charge < -0.3 is 0 Å². The molecule has 0 heteroatoms. The quantitative estimate of drug-likeness (QED) is 0.678. The third kappa shape index (κ3) is 3.22. The molecule has 2 rings (SSSR count). The fourth-order valence-electron chi connectivity index (χ4n) is 2.56. The van der Waals surface area contributed by atoms with Crippen LogP contribution in [0.4, 0.5) is 0 Å². The molecular weight excluding hydrogens is 216 g/mol. The Hall–Kier alpha value is -1.56. The van der Waals surface area contributed by atoms with Gasteiger partial charge in [0.25, 0.3) is 0 Å². The van der Waals surface area contributed by atoms with E-state index < -0.39 is 0 Å². The first-order valence-corrected chi connectivity index (χ1v) is 6.78. The van der Waals surface area contributed by atoms with Crippen LogP contribution in [0.5, 0.6) is 0 Å². The molecular formula is C18H22. The first-order valence-electron chi connectivity index (χ1n) is 6.78. The van der Waals surface area contributed by atoms with Crippen LogP contribution in [0.3, 0.4) is 0 Å². The van der Waals surface area contributed by atoms with Gasteiger partial charge in [-0.1, -0.05) is 74.0 Å². The van der Waals surface area contributed by atoms with E-state index in [-0.39, 0.29) is 0 Å². The Kier molecular flexibility index (Phi) is 4.19. The standard InChI is InChI=1S/C18H22/c1-14-8-7-11-18(12-14)16(3)13-15(2)17-9-5-4-6-10-17/h4-12,15-16H,13H2,1-3H3. The predicted molar refractivity (Wildman–Crippen MR) is 79.1 cm³/mol. The maximum absolute atomic E-state index is 2.33. The van der Waals surface area contributed by atoms with Crippen molar-refractivity contribution in [3.63, 3.8) is 0 Å². The highest BCUT2D eigenvalue weighted by Crippen LogP contribution is 2.29. The lowest BCUT2D eigenvalue weighted by atomic mass is 9.87. The van der Waals surface area contributed by atoms with Crippen molar-refractivity contribution in [2.75, 3.05) is 0 Å². The molecule has 18 heavy (non-hydrogen) atoms. The molecule has 2 aromatic carbocycles. The van der Waals surface area contributed by atoms with E-state index in [0.717, 1.165) is 0 Å². The van der Waals surface area contributed by atoms with E-state index in [1.54, 1.807) is 0 Å². The van der Waals surface area contributed by atoms with Crippen LogP contribution in [0, 0.1) is 6.92 Å². The van der Waals surface area contributed by atoms with Crippen LogP contribution in [-0.2, 0) is 0 Å². The molecule has 0 aliphatic heterocycles. The lowest BCUT2D eigenvalue weighted by Crippen LogP contribution is -2.01. The van der Waals surface area contributed by atoms with Crippen molar-refractivity contribution in [1.82, 2.24) is 0 Å². The molecule has 0 saturated heterocycles. The zero-order valence-corrected chi connectivity index (χ0v) is 11.6. The lowest BCUT2D eigenvalue weighted by molar-refractivity contribution is 0.593. The fourth-order valence-corrected chi connectivity index (χ4v) is 2.56. The molecule has 0 saturated carbocycles. The summed E-state index contributed by atoms with van der Waals surface area (Å²) in [6.45, 7) is 6.81. The minimum absolute atomic E-state index is 0.611. The molecule has 2 atom stereocenters. The van der Waals surface area contributed by atoms with Gasteiger partial charge in [0, 0.05) is 0 Å². The van der Waals surface area contributed by atoms with E-state index in [4.69, 9.17) is 0 Å². The SMILES string of the molecule is Cc1cccc(C(C)CC(C)c2ccccc2)c1. The number of hydrogen-bond acceptors (Lipinski definition) is 0. The summed E-state index contributed by atoms with van der Waals surface area (Å²) in [5, 5.41) is 0. The Morgan fingerprint density at radius 2 is 1.39 bits per heavy atom. The molecule has 0 heterocycles. The molecule has 2 aromatic rings. The van der Waals surface area contributed by atoms with Gasteiger partial charge in [0.15, 0.2) is 0 Å². The van der Waals surface area contributed by atoms with Gasteiger partial charge in [0.2, 0.25) is 0 Å². The van der Waals surface area contributed by atoms with Gasteiger partial charge in [-0.2, -0.15) is 0 Å². The van der Waals surface area contributed by atoms with E-state index in [1.165, 1.54) is 23.1 Å². The number of rotatable bonds is 4. The van der Waals surface area contributed by atoms with Crippen molar-refractivity contribution in [3.05, 3.63) is 71.3 Å². The highest BCUT2D eigenvalue weighted by molar-refractivity contribution is 5.26. The molecule has 0 radical (unpaired) electrons. The highest BCUT2D eigenvalue weighted by Gasteiger charge is 2.12. The monoisotopic (exact) mass is 238 g/mol. The van der Waals surface area contributed by atoms with Gasteiger partial charge in [-0.25, -0.2) is 0 Å². The topological polar surface area (TPSA) is 0 Å². The van der Waals surface area contributed by atoms with Crippen molar-refractivity contribution in [2.24, 2.45) is 0 Å². The second kappa shape index (κ2) is 5.86. The summed E-state index contributed by atoms with van der Waals surface area (Å²) >= 11 is 0. The molecule has 94 valence electrons. The summed E-state index contributed by atoms with van der Waals surface area (Å²) in [7, 11) is 0. The summed E-state index contributed by atoms with van der Waals surface area (Å²) in [6.07, 6.45) is 1.20. The second-order valence-corrected chi connectivity index (χ2v) is 5.36.